The molecule has 0 spiro atoms. The van der Waals surface area contributed by atoms with Crippen LogP contribution in [-0.4, -0.2) is 19.3 Å². The highest BCUT2D eigenvalue weighted by molar-refractivity contribution is 4.85. The Labute approximate surface area is 119 Å². The van der Waals surface area contributed by atoms with E-state index in [2.05, 4.69) is 20.8 Å². The fraction of sp³-hybridized carbons (Fsp3) is 1.00. The lowest BCUT2D eigenvalue weighted by molar-refractivity contribution is 0.0566. The zero-order chi connectivity index (χ0) is 13.9. The third kappa shape index (κ3) is 4.46. The Balaban J connectivity index is 1.74. The van der Waals surface area contributed by atoms with E-state index >= 15 is 0 Å². The van der Waals surface area contributed by atoms with Crippen LogP contribution in [0.1, 0.15) is 65.7 Å². The largest absolute Gasteiger partial charge is 0.381 e. The van der Waals surface area contributed by atoms with Gasteiger partial charge in [-0.2, -0.15) is 0 Å². The molecule has 1 atom stereocenters. The van der Waals surface area contributed by atoms with Crippen LogP contribution in [-0.2, 0) is 4.74 Å². The van der Waals surface area contributed by atoms with Crippen molar-refractivity contribution in [1.82, 2.24) is 0 Å². The maximum absolute atomic E-state index is 6.49. The van der Waals surface area contributed by atoms with Gasteiger partial charge in [-0.25, -0.2) is 0 Å². The Kier molecular flexibility index (Phi) is 5.30. The van der Waals surface area contributed by atoms with Crippen LogP contribution in [0.15, 0.2) is 0 Å². The number of nitrogens with two attached hydrogens (primary N) is 1. The number of rotatable bonds is 3. The molecule has 1 saturated heterocycles. The van der Waals surface area contributed by atoms with Gasteiger partial charge in [-0.05, 0) is 68.1 Å². The molecular weight excluding hydrogens is 234 g/mol. The van der Waals surface area contributed by atoms with Crippen LogP contribution in [0.5, 0.6) is 0 Å². The second kappa shape index (κ2) is 6.58. The van der Waals surface area contributed by atoms with Crippen LogP contribution in [0, 0.1) is 23.2 Å². The summed E-state index contributed by atoms with van der Waals surface area (Å²) in [4.78, 5) is 0. The fourth-order valence-electron chi connectivity index (χ4n) is 3.97. The SMILES string of the molecule is CC(C)(C)C1CCC(C(N)CC2CCOCC2)CC1. The van der Waals surface area contributed by atoms with Crippen molar-refractivity contribution in [2.45, 2.75) is 71.8 Å². The Morgan fingerprint density at radius 2 is 1.58 bits per heavy atom. The summed E-state index contributed by atoms with van der Waals surface area (Å²) in [5, 5.41) is 0. The molecule has 19 heavy (non-hydrogen) atoms. The van der Waals surface area contributed by atoms with Gasteiger partial charge in [0.1, 0.15) is 0 Å². The van der Waals surface area contributed by atoms with Crippen LogP contribution in [0.3, 0.4) is 0 Å². The zero-order valence-corrected chi connectivity index (χ0v) is 13.2. The van der Waals surface area contributed by atoms with E-state index in [0.717, 1.165) is 31.0 Å². The van der Waals surface area contributed by atoms with E-state index in [1.807, 2.05) is 0 Å². The van der Waals surface area contributed by atoms with Crippen molar-refractivity contribution in [3.05, 3.63) is 0 Å². The molecule has 0 radical (unpaired) electrons. The van der Waals surface area contributed by atoms with E-state index < -0.39 is 0 Å². The minimum atomic E-state index is 0.434. The van der Waals surface area contributed by atoms with Gasteiger partial charge in [0.2, 0.25) is 0 Å². The molecule has 2 heteroatoms. The second-order valence-corrected chi connectivity index (χ2v) is 7.93. The first kappa shape index (κ1) is 15.3. The van der Waals surface area contributed by atoms with Gasteiger partial charge in [0.05, 0.1) is 0 Å². The van der Waals surface area contributed by atoms with Crippen molar-refractivity contribution in [2.75, 3.05) is 13.2 Å². The summed E-state index contributed by atoms with van der Waals surface area (Å²) in [5.41, 5.74) is 6.97. The summed E-state index contributed by atoms with van der Waals surface area (Å²) in [6, 6.07) is 0.434. The Morgan fingerprint density at radius 3 is 2.11 bits per heavy atom. The molecule has 0 aromatic rings. The van der Waals surface area contributed by atoms with Gasteiger partial charge in [0.15, 0.2) is 0 Å². The minimum absolute atomic E-state index is 0.434. The van der Waals surface area contributed by atoms with Gasteiger partial charge in [-0.3, -0.25) is 0 Å². The summed E-state index contributed by atoms with van der Waals surface area (Å²) in [7, 11) is 0. The van der Waals surface area contributed by atoms with E-state index in [-0.39, 0.29) is 0 Å². The molecule has 2 N–H and O–H groups in total. The Bertz CT molecular complexity index is 257. The summed E-state index contributed by atoms with van der Waals surface area (Å²) in [6.45, 7) is 9.07. The number of ether oxygens (including phenoxy) is 1. The Morgan fingerprint density at radius 1 is 1.00 bits per heavy atom. The average Bonchev–Trinajstić information content (AvgIpc) is 2.39. The van der Waals surface area contributed by atoms with Crippen molar-refractivity contribution >= 4 is 0 Å². The normalized spacial score (nSPS) is 32.2. The third-order valence-corrected chi connectivity index (χ3v) is 5.55. The first-order chi connectivity index (χ1) is 8.97. The molecule has 1 heterocycles. The molecule has 0 aromatic carbocycles. The molecule has 1 aliphatic carbocycles. The van der Waals surface area contributed by atoms with Crippen LogP contribution in [0.25, 0.3) is 0 Å². The highest BCUT2D eigenvalue weighted by Gasteiger charge is 2.32. The van der Waals surface area contributed by atoms with Crippen molar-refractivity contribution in [1.29, 1.82) is 0 Å². The molecule has 2 aliphatic rings. The van der Waals surface area contributed by atoms with Gasteiger partial charge >= 0.3 is 0 Å². The van der Waals surface area contributed by atoms with E-state index in [1.165, 1.54) is 44.9 Å². The van der Waals surface area contributed by atoms with E-state index in [1.54, 1.807) is 0 Å². The maximum atomic E-state index is 6.49. The van der Waals surface area contributed by atoms with Crippen LogP contribution < -0.4 is 5.73 Å². The maximum Gasteiger partial charge on any atom is 0.0468 e. The predicted octanol–water partition coefficient (Wildman–Crippen LogP) is 3.98. The fourth-order valence-corrected chi connectivity index (χ4v) is 3.97. The molecule has 2 nitrogen and oxygen atoms in total. The molecule has 1 unspecified atom stereocenters. The zero-order valence-electron chi connectivity index (χ0n) is 13.2. The van der Waals surface area contributed by atoms with Crippen molar-refractivity contribution in [3.63, 3.8) is 0 Å². The average molecular weight is 267 g/mol. The number of hydrogen-bond donors (Lipinski definition) is 1. The molecule has 0 bridgehead atoms. The summed E-state index contributed by atoms with van der Waals surface area (Å²) >= 11 is 0. The molecule has 0 aromatic heterocycles. The first-order valence-electron chi connectivity index (χ1n) is 8.30. The van der Waals surface area contributed by atoms with Gasteiger partial charge in [0.25, 0.3) is 0 Å². The van der Waals surface area contributed by atoms with Gasteiger partial charge in [-0.15, -0.1) is 0 Å². The lowest BCUT2D eigenvalue weighted by atomic mass is 9.68. The predicted molar refractivity (Wildman–Crippen MR) is 81.0 cm³/mol. The van der Waals surface area contributed by atoms with Gasteiger partial charge in [-0.1, -0.05) is 20.8 Å². The van der Waals surface area contributed by atoms with Crippen LogP contribution in [0.2, 0.25) is 0 Å². The highest BCUT2D eigenvalue weighted by Crippen LogP contribution is 2.41. The molecule has 0 amide bonds. The standard InChI is InChI=1S/C17H33NO/c1-17(2,3)15-6-4-14(5-7-15)16(18)12-13-8-10-19-11-9-13/h13-16H,4-12,18H2,1-3H3. The van der Waals surface area contributed by atoms with E-state index in [9.17, 15) is 0 Å². The molecule has 1 saturated carbocycles. The summed E-state index contributed by atoms with van der Waals surface area (Å²) in [6.07, 6.45) is 9.16. The lowest BCUT2D eigenvalue weighted by Crippen LogP contribution is -2.37. The first-order valence-corrected chi connectivity index (χ1v) is 8.30. The lowest BCUT2D eigenvalue weighted by Gasteiger charge is -2.39. The van der Waals surface area contributed by atoms with Crippen molar-refractivity contribution in [2.24, 2.45) is 28.9 Å². The van der Waals surface area contributed by atoms with Crippen molar-refractivity contribution < 1.29 is 4.74 Å². The summed E-state index contributed by atoms with van der Waals surface area (Å²) < 4.78 is 5.44. The Hall–Kier alpha value is -0.0800. The third-order valence-electron chi connectivity index (χ3n) is 5.55. The topological polar surface area (TPSA) is 35.2 Å². The van der Waals surface area contributed by atoms with Crippen molar-refractivity contribution in [3.8, 4) is 0 Å². The molecule has 1 aliphatic heterocycles. The highest BCUT2D eigenvalue weighted by atomic mass is 16.5. The van der Waals surface area contributed by atoms with Gasteiger partial charge in [0, 0.05) is 19.3 Å². The van der Waals surface area contributed by atoms with Crippen LogP contribution in [0.4, 0.5) is 0 Å². The second-order valence-electron chi connectivity index (χ2n) is 7.93. The minimum Gasteiger partial charge on any atom is -0.381 e. The molecule has 112 valence electrons. The summed E-state index contributed by atoms with van der Waals surface area (Å²) in [5.74, 6) is 2.50. The molecule has 2 fully saturated rings. The van der Waals surface area contributed by atoms with Crippen LogP contribution >= 0.6 is 0 Å². The number of hydrogen-bond acceptors (Lipinski definition) is 2. The smallest absolute Gasteiger partial charge is 0.0468 e. The molecular formula is C17H33NO. The van der Waals surface area contributed by atoms with Gasteiger partial charge < -0.3 is 10.5 Å². The quantitative estimate of drug-likeness (QED) is 0.839. The van der Waals surface area contributed by atoms with E-state index in [0.29, 0.717) is 11.5 Å². The molecule has 2 rings (SSSR count). The monoisotopic (exact) mass is 267 g/mol. The van der Waals surface area contributed by atoms with E-state index in [4.69, 9.17) is 10.5 Å².